The number of amides is 1. The molecule has 3 aromatic carbocycles. The summed E-state index contributed by atoms with van der Waals surface area (Å²) < 4.78 is 19.5. The molecule has 1 aliphatic rings. The Morgan fingerprint density at radius 3 is 2.42 bits per heavy atom. The molecule has 0 aliphatic carbocycles. The highest BCUT2D eigenvalue weighted by Gasteiger charge is 2.32. The molecule has 1 N–H and O–H groups in total. The van der Waals surface area contributed by atoms with E-state index in [0.29, 0.717) is 18.7 Å². The van der Waals surface area contributed by atoms with E-state index in [-0.39, 0.29) is 23.6 Å². The Morgan fingerprint density at radius 2 is 1.76 bits per heavy atom. The molecule has 4 nitrogen and oxygen atoms in total. The molecule has 5 heteroatoms. The van der Waals surface area contributed by atoms with Crippen LogP contribution in [0.15, 0.2) is 72.8 Å². The highest BCUT2D eigenvalue weighted by molar-refractivity contribution is 5.92. The quantitative estimate of drug-likeness (QED) is 0.511. The number of benzene rings is 3. The second-order valence-electron chi connectivity index (χ2n) is 8.73. The Hall–Kier alpha value is -3.18. The van der Waals surface area contributed by atoms with Crippen LogP contribution in [0.2, 0.25) is 0 Å². The van der Waals surface area contributed by atoms with E-state index in [2.05, 4.69) is 41.4 Å². The number of piperidine rings is 1. The third-order valence-corrected chi connectivity index (χ3v) is 6.47. The third kappa shape index (κ3) is 5.79. The Bertz CT molecular complexity index is 1070. The van der Waals surface area contributed by atoms with Crippen LogP contribution in [-0.2, 0) is 17.8 Å². The molecule has 172 valence electrons. The number of hydrogen-bond donors (Lipinski definition) is 1. The summed E-state index contributed by atoms with van der Waals surface area (Å²) in [6.07, 6.45) is 1.76. The van der Waals surface area contributed by atoms with Crippen LogP contribution in [0, 0.1) is 11.7 Å². The number of methoxy groups -OCH3 is 1. The summed E-state index contributed by atoms with van der Waals surface area (Å²) in [5.74, 6) is 0.559. The lowest BCUT2D eigenvalue weighted by Crippen LogP contribution is -2.43. The minimum atomic E-state index is -0.203. The molecule has 2 atom stereocenters. The van der Waals surface area contributed by atoms with Gasteiger partial charge >= 0.3 is 0 Å². The molecular weight excluding hydrogens is 415 g/mol. The first-order valence-electron chi connectivity index (χ1n) is 11.5. The number of anilines is 1. The molecule has 4 rings (SSSR count). The number of aryl methyl sites for hydroxylation is 1. The lowest BCUT2D eigenvalue weighted by Gasteiger charge is -2.37. The highest BCUT2D eigenvalue weighted by atomic mass is 19.1. The average Bonchev–Trinajstić information content (AvgIpc) is 2.86. The molecule has 0 bridgehead atoms. The second kappa shape index (κ2) is 10.6. The zero-order chi connectivity index (χ0) is 23.2. The van der Waals surface area contributed by atoms with Crippen molar-refractivity contribution < 1.29 is 13.9 Å². The van der Waals surface area contributed by atoms with Gasteiger partial charge in [-0.25, -0.2) is 4.39 Å². The maximum Gasteiger partial charge on any atom is 0.228 e. The lowest BCUT2D eigenvalue weighted by molar-refractivity contribution is -0.121. The summed E-state index contributed by atoms with van der Waals surface area (Å²) in [6.45, 7) is 4.03. The number of nitrogens with one attached hydrogen (secondary N) is 1. The number of carbonyl (C=O) groups is 1. The van der Waals surface area contributed by atoms with Crippen molar-refractivity contribution in [3.8, 4) is 5.75 Å². The molecule has 1 fully saturated rings. The predicted molar refractivity (Wildman–Crippen MR) is 130 cm³/mol. The topological polar surface area (TPSA) is 41.6 Å². The standard InChI is InChI=1S/C28H31FN2O2/c1-3-20-8-10-21(11-9-20)23-16-24(28(32)30-25-12-14-26(33-2)15-13-25)19-31(18-23)17-22-6-4-5-7-27(22)29/h4-15,23-24H,3,16-19H2,1-2H3,(H,30,32). The molecule has 0 radical (unpaired) electrons. The number of ether oxygens (including phenoxy) is 1. The van der Waals surface area contributed by atoms with E-state index in [4.69, 9.17) is 4.74 Å². The number of nitrogens with zero attached hydrogens (tertiary/aromatic N) is 1. The van der Waals surface area contributed by atoms with Crippen molar-refractivity contribution in [3.63, 3.8) is 0 Å². The minimum absolute atomic E-state index is 0.00595. The predicted octanol–water partition coefficient (Wildman–Crippen LogP) is 5.64. The summed E-state index contributed by atoms with van der Waals surface area (Å²) in [6, 6.07) is 22.9. The average molecular weight is 447 g/mol. The first kappa shape index (κ1) is 23.0. The van der Waals surface area contributed by atoms with Gasteiger partial charge in [-0.1, -0.05) is 49.4 Å². The fourth-order valence-electron chi connectivity index (χ4n) is 4.56. The minimum Gasteiger partial charge on any atom is -0.497 e. The molecule has 0 spiro atoms. The van der Waals surface area contributed by atoms with Crippen molar-refractivity contribution in [2.45, 2.75) is 32.2 Å². The van der Waals surface area contributed by atoms with Crippen LogP contribution < -0.4 is 10.1 Å². The molecule has 3 aromatic rings. The molecule has 2 unspecified atom stereocenters. The summed E-state index contributed by atoms with van der Waals surface area (Å²) in [4.78, 5) is 15.4. The maximum atomic E-state index is 14.3. The van der Waals surface area contributed by atoms with Gasteiger partial charge < -0.3 is 10.1 Å². The van der Waals surface area contributed by atoms with E-state index >= 15 is 0 Å². The fourth-order valence-corrected chi connectivity index (χ4v) is 4.56. The molecule has 33 heavy (non-hydrogen) atoms. The first-order chi connectivity index (χ1) is 16.1. The van der Waals surface area contributed by atoms with Crippen LogP contribution >= 0.6 is 0 Å². The van der Waals surface area contributed by atoms with E-state index in [1.165, 1.54) is 17.2 Å². The summed E-state index contributed by atoms with van der Waals surface area (Å²) in [7, 11) is 1.62. The summed E-state index contributed by atoms with van der Waals surface area (Å²) in [5, 5.41) is 3.05. The van der Waals surface area contributed by atoms with Crippen molar-refractivity contribution >= 4 is 11.6 Å². The zero-order valence-electron chi connectivity index (χ0n) is 19.3. The van der Waals surface area contributed by atoms with Gasteiger partial charge in [-0.2, -0.15) is 0 Å². The van der Waals surface area contributed by atoms with Crippen LogP contribution in [0.25, 0.3) is 0 Å². The lowest BCUT2D eigenvalue weighted by atomic mass is 9.83. The van der Waals surface area contributed by atoms with Crippen molar-refractivity contribution in [2.75, 3.05) is 25.5 Å². The SMILES string of the molecule is CCc1ccc(C2CC(C(=O)Nc3ccc(OC)cc3)CN(Cc3ccccc3F)C2)cc1. The maximum absolute atomic E-state index is 14.3. The van der Waals surface area contributed by atoms with Crippen molar-refractivity contribution in [1.82, 2.24) is 4.90 Å². The molecular formula is C28H31FN2O2. The molecule has 0 aromatic heterocycles. The Morgan fingerprint density at radius 1 is 1.03 bits per heavy atom. The number of carbonyl (C=O) groups excluding carboxylic acids is 1. The molecule has 1 saturated heterocycles. The van der Waals surface area contributed by atoms with Crippen LogP contribution in [-0.4, -0.2) is 31.0 Å². The Labute approximate surface area is 195 Å². The van der Waals surface area contributed by atoms with Gasteiger partial charge in [-0.05, 0) is 60.2 Å². The van der Waals surface area contributed by atoms with Gasteiger partial charge in [0.1, 0.15) is 11.6 Å². The second-order valence-corrected chi connectivity index (χ2v) is 8.73. The first-order valence-corrected chi connectivity index (χ1v) is 11.5. The van der Waals surface area contributed by atoms with Crippen LogP contribution in [0.3, 0.4) is 0 Å². The van der Waals surface area contributed by atoms with Gasteiger partial charge in [0.05, 0.1) is 13.0 Å². The van der Waals surface area contributed by atoms with Crippen molar-refractivity contribution in [2.24, 2.45) is 5.92 Å². The molecule has 1 heterocycles. The van der Waals surface area contributed by atoms with Gasteiger partial charge in [-0.15, -0.1) is 0 Å². The molecule has 0 saturated carbocycles. The van der Waals surface area contributed by atoms with E-state index in [0.717, 1.165) is 30.8 Å². The normalized spacial score (nSPS) is 18.6. The largest absolute Gasteiger partial charge is 0.497 e. The third-order valence-electron chi connectivity index (χ3n) is 6.47. The van der Waals surface area contributed by atoms with Crippen molar-refractivity contribution in [1.29, 1.82) is 0 Å². The number of halogens is 1. The number of likely N-dealkylation sites (tertiary alicyclic amines) is 1. The number of hydrogen-bond acceptors (Lipinski definition) is 3. The van der Waals surface area contributed by atoms with Gasteiger partial charge in [0.25, 0.3) is 0 Å². The molecule has 1 amide bonds. The van der Waals surface area contributed by atoms with Gasteiger partial charge in [0.2, 0.25) is 5.91 Å². The van der Waals surface area contributed by atoms with E-state index in [1.54, 1.807) is 13.2 Å². The fraction of sp³-hybridized carbons (Fsp3) is 0.321. The summed E-state index contributed by atoms with van der Waals surface area (Å²) >= 11 is 0. The van der Waals surface area contributed by atoms with Crippen LogP contribution in [0.1, 0.15) is 36.0 Å². The van der Waals surface area contributed by atoms with Crippen molar-refractivity contribution in [3.05, 3.63) is 95.3 Å². The summed E-state index contributed by atoms with van der Waals surface area (Å²) in [5.41, 5.74) is 3.93. The smallest absolute Gasteiger partial charge is 0.228 e. The van der Waals surface area contributed by atoms with Gasteiger partial charge in [0, 0.05) is 30.9 Å². The monoisotopic (exact) mass is 446 g/mol. The van der Waals surface area contributed by atoms with Crippen LogP contribution in [0.4, 0.5) is 10.1 Å². The van der Waals surface area contributed by atoms with Gasteiger partial charge in [-0.3, -0.25) is 9.69 Å². The van der Waals surface area contributed by atoms with E-state index in [1.807, 2.05) is 36.4 Å². The van der Waals surface area contributed by atoms with E-state index in [9.17, 15) is 9.18 Å². The Kier molecular flexibility index (Phi) is 7.40. The Balaban J connectivity index is 1.53. The zero-order valence-corrected chi connectivity index (χ0v) is 19.3. The van der Waals surface area contributed by atoms with Crippen LogP contribution in [0.5, 0.6) is 5.75 Å². The van der Waals surface area contributed by atoms with Gasteiger partial charge in [0.15, 0.2) is 0 Å². The highest BCUT2D eigenvalue weighted by Crippen LogP contribution is 2.32. The number of rotatable bonds is 7. The van der Waals surface area contributed by atoms with E-state index < -0.39 is 0 Å². The molecule has 1 aliphatic heterocycles.